The zero-order chi connectivity index (χ0) is 14.9. The number of fused-ring (bicyclic) bond motifs is 7. The lowest BCUT2D eigenvalue weighted by atomic mass is 9.87. The van der Waals surface area contributed by atoms with Crippen molar-refractivity contribution in [3.63, 3.8) is 0 Å². The van der Waals surface area contributed by atoms with Gasteiger partial charge in [-0.15, -0.1) is 0 Å². The molecule has 22 heavy (non-hydrogen) atoms. The summed E-state index contributed by atoms with van der Waals surface area (Å²) >= 11 is 0. The molecule has 0 spiro atoms. The lowest BCUT2D eigenvalue weighted by Gasteiger charge is -2.30. The highest BCUT2D eigenvalue weighted by atomic mass is 16.7. The summed E-state index contributed by atoms with van der Waals surface area (Å²) in [6.45, 7) is 0. The minimum absolute atomic E-state index is 0.352. The van der Waals surface area contributed by atoms with Crippen LogP contribution >= 0.6 is 0 Å². The summed E-state index contributed by atoms with van der Waals surface area (Å²) in [6, 6.07) is 19.2. The number of hydrogen-bond acceptors (Lipinski definition) is 3. The van der Waals surface area contributed by atoms with Gasteiger partial charge in [0.2, 0.25) is 0 Å². The number of aliphatic hydroxyl groups is 2. The highest BCUT2D eigenvalue weighted by Gasteiger charge is 2.65. The molecule has 2 N–H and O–H groups in total. The van der Waals surface area contributed by atoms with Gasteiger partial charge in [-0.25, -0.2) is 0 Å². The van der Waals surface area contributed by atoms with Crippen molar-refractivity contribution in [1.82, 2.24) is 0 Å². The van der Waals surface area contributed by atoms with Gasteiger partial charge in [0.15, 0.2) is 5.60 Å². The normalized spacial score (nSPS) is 28.1. The van der Waals surface area contributed by atoms with Crippen molar-refractivity contribution in [2.24, 2.45) is 0 Å². The fraction of sp³-hybridized carbons (Fsp3) is 0.158. The Kier molecular flexibility index (Phi) is 2.05. The molecule has 2 atom stereocenters. The van der Waals surface area contributed by atoms with Crippen molar-refractivity contribution in [1.29, 1.82) is 0 Å². The van der Waals surface area contributed by atoms with E-state index in [9.17, 15) is 10.2 Å². The highest BCUT2D eigenvalue weighted by Crippen LogP contribution is 2.59. The van der Waals surface area contributed by atoms with Crippen LogP contribution in [0, 0.1) is 0 Å². The first-order chi connectivity index (χ1) is 10.6. The van der Waals surface area contributed by atoms with Crippen LogP contribution in [-0.2, 0) is 17.8 Å². The summed E-state index contributed by atoms with van der Waals surface area (Å²) in [5.74, 6) is -1.13. The molecular formula is C19H14O3. The van der Waals surface area contributed by atoms with Crippen LogP contribution in [0.4, 0.5) is 0 Å². The maximum atomic E-state index is 11.2. The lowest BCUT2D eigenvalue weighted by molar-refractivity contribution is -0.242. The Morgan fingerprint density at radius 2 is 1.59 bits per heavy atom. The summed E-state index contributed by atoms with van der Waals surface area (Å²) in [6.07, 6.45) is 0.352. The minimum Gasteiger partial charge on any atom is -0.454 e. The molecule has 1 heterocycles. The molecule has 0 amide bonds. The maximum Gasteiger partial charge on any atom is 0.268 e. The predicted molar refractivity (Wildman–Crippen MR) is 82.5 cm³/mol. The first-order valence-electron chi connectivity index (χ1n) is 7.38. The summed E-state index contributed by atoms with van der Waals surface area (Å²) in [4.78, 5) is 0. The molecule has 3 aromatic rings. The maximum absolute atomic E-state index is 11.2. The molecule has 2 unspecified atom stereocenters. The zero-order valence-corrected chi connectivity index (χ0v) is 11.8. The van der Waals surface area contributed by atoms with Crippen molar-refractivity contribution < 1.29 is 14.9 Å². The average molecular weight is 290 g/mol. The van der Waals surface area contributed by atoms with Crippen LogP contribution in [0.2, 0.25) is 0 Å². The molecular weight excluding hydrogens is 276 g/mol. The van der Waals surface area contributed by atoms with Gasteiger partial charge < -0.3 is 14.9 Å². The Hall–Kier alpha value is -2.36. The molecule has 3 aromatic carbocycles. The second-order valence-corrected chi connectivity index (χ2v) is 6.10. The topological polar surface area (TPSA) is 49.7 Å². The van der Waals surface area contributed by atoms with Crippen LogP contribution in [0.1, 0.15) is 16.7 Å². The van der Waals surface area contributed by atoms with Gasteiger partial charge in [-0.2, -0.15) is 0 Å². The van der Waals surface area contributed by atoms with Gasteiger partial charge >= 0.3 is 0 Å². The molecule has 108 valence electrons. The number of ether oxygens (including phenoxy) is 1. The molecule has 0 radical (unpaired) electrons. The minimum atomic E-state index is -1.71. The molecule has 1 aliphatic heterocycles. The third-order valence-corrected chi connectivity index (χ3v) is 4.96. The van der Waals surface area contributed by atoms with E-state index in [4.69, 9.17) is 4.74 Å². The van der Waals surface area contributed by atoms with E-state index >= 15 is 0 Å². The fourth-order valence-electron chi connectivity index (χ4n) is 3.87. The van der Waals surface area contributed by atoms with Crippen LogP contribution in [0.3, 0.4) is 0 Å². The molecule has 0 aromatic heterocycles. The molecule has 5 rings (SSSR count). The first-order valence-corrected chi connectivity index (χ1v) is 7.38. The molecule has 0 bridgehead atoms. The van der Waals surface area contributed by atoms with Crippen molar-refractivity contribution >= 4 is 10.8 Å². The molecule has 0 fully saturated rings. The largest absolute Gasteiger partial charge is 0.454 e. The summed E-state index contributed by atoms with van der Waals surface area (Å²) in [5.41, 5.74) is 0.796. The van der Waals surface area contributed by atoms with Crippen molar-refractivity contribution in [2.75, 3.05) is 0 Å². The summed E-state index contributed by atoms with van der Waals surface area (Å²) in [7, 11) is 0. The molecule has 0 saturated heterocycles. The zero-order valence-electron chi connectivity index (χ0n) is 11.8. The van der Waals surface area contributed by atoms with E-state index in [1.165, 1.54) is 0 Å². The Labute approximate surface area is 127 Å². The monoisotopic (exact) mass is 290 g/mol. The molecule has 3 nitrogen and oxygen atoms in total. The van der Waals surface area contributed by atoms with Gasteiger partial charge in [0.25, 0.3) is 5.79 Å². The SMILES string of the molecule is OC12Cc3ccccc3C1(O)Oc1c2ccc2ccccc12. The second-order valence-electron chi connectivity index (χ2n) is 6.10. The third-order valence-electron chi connectivity index (χ3n) is 4.96. The molecule has 0 saturated carbocycles. The quantitative estimate of drug-likeness (QED) is 0.669. The van der Waals surface area contributed by atoms with Gasteiger partial charge in [-0.05, 0) is 10.9 Å². The van der Waals surface area contributed by atoms with Crippen LogP contribution in [0.5, 0.6) is 5.75 Å². The predicted octanol–water partition coefficient (Wildman–Crippen LogP) is 2.82. The standard InChI is InChI=1S/C19H14O3/c20-18-11-13-6-2-4-8-15(13)19(18,21)22-17-14-7-3-1-5-12(14)9-10-16(17)18/h1-10,20-21H,11H2. The smallest absolute Gasteiger partial charge is 0.268 e. The number of rotatable bonds is 0. The van der Waals surface area contributed by atoms with Gasteiger partial charge in [0.05, 0.1) is 0 Å². The number of hydrogen-bond donors (Lipinski definition) is 2. The summed E-state index contributed by atoms with van der Waals surface area (Å²) < 4.78 is 5.97. The van der Waals surface area contributed by atoms with E-state index in [-0.39, 0.29) is 0 Å². The Morgan fingerprint density at radius 3 is 2.50 bits per heavy atom. The van der Waals surface area contributed by atoms with Gasteiger partial charge in [-0.3, -0.25) is 0 Å². The van der Waals surface area contributed by atoms with Crippen molar-refractivity contribution in [2.45, 2.75) is 17.8 Å². The summed E-state index contributed by atoms with van der Waals surface area (Å²) in [5, 5.41) is 24.3. The van der Waals surface area contributed by atoms with Crippen LogP contribution in [-0.4, -0.2) is 10.2 Å². The van der Waals surface area contributed by atoms with Crippen molar-refractivity contribution in [3.8, 4) is 5.75 Å². The Morgan fingerprint density at radius 1 is 0.818 bits per heavy atom. The van der Waals surface area contributed by atoms with Gasteiger partial charge in [-0.1, -0.05) is 60.7 Å². The fourth-order valence-corrected chi connectivity index (χ4v) is 3.87. The van der Waals surface area contributed by atoms with E-state index in [0.717, 1.165) is 16.3 Å². The average Bonchev–Trinajstić information content (AvgIpc) is 2.90. The van der Waals surface area contributed by atoms with Crippen LogP contribution < -0.4 is 4.74 Å². The van der Waals surface area contributed by atoms with Gasteiger partial charge in [0, 0.05) is 22.9 Å². The van der Waals surface area contributed by atoms with E-state index in [1.807, 2.05) is 60.7 Å². The first kappa shape index (κ1) is 12.2. The van der Waals surface area contributed by atoms with Crippen LogP contribution in [0.15, 0.2) is 60.7 Å². The number of benzene rings is 3. The molecule has 1 aliphatic carbocycles. The second kappa shape index (κ2) is 3.69. The molecule has 2 aliphatic rings. The van der Waals surface area contributed by atoms with E-state index in [2.05, 4.69) is 0 Å². The van der Waals surface area contributed by atoms with E-state index in [1.54, 1.807) is 0 Å². The molecule has 3 heteroatoms. The van der Waals surface area contributed by atoms with Crippen LogP contribution in [0.25, 0.3) is 10.8 Å². The van der Waals surface area contributed by atoms with E-state index in [0.29, 0.717) is 23.3 Å². The third kappa shape index (κ3) is 1.21. The van der Waals surface area contributed by atoms with E-state index < -0.39 is 11.4 Å². The Balaban J connectivity index is 1.83. The Bertz CT molecular complexity index is 933. The van der Waals surface area contributed by atoms with Crippen molar-refractivity contribution in [3.05, 3.63) is 77.4 Å². The van der Waals surface area contributed by atoms with Gasteiger partial charge in [0.1, 0.15) is 5.75 Å². The highest BCUT2D eigenvalue weighted by molar-refractivity contribution is 5.91. The lowest BCUT2D eigenvalue weighted by Crippen LogP contribution is -2.45.